The maximum Gasteiger partial charge on any atom is 0.324 e. The lowest BCUT2D eigenvalue weighted by molar-refractivity contribution is -0.161. The van der Waals surface area contributed by atoms with Crippen molar-refractivity contribution in [2.24, 2.45) is 5.41 Å². The summed E-state index contributed by atoms with van der Waals surface area (Å²) < 4.78 is 21.6. The summed E-state index contributed by atoms with van der Waals surface area (Å²) in [7, 11) is 0.965. The Morgan fingerprint density at radius 1 is 1.16 bits per heavy atom. The second-order valence-corrected chi connectivity index (χ2v) is 5.89. The molecule has 5 nitrogen and oxygen atoms in total. The predicted molar refractivity (Wildman–Crippen MR) is 67.7 cm³/mol. The molecule has 6 heteroatoms. The second kappa shape index (κ2) is 5.13. The quantitative estimate of drug-likeness (QED) is 0.606. The van der Waals surface area contributed by atoms with E-state index in [0.717, 1.165) is 0 Å². The number of esters is 2. The Kier molecular flexibility index (Phi) is 3.71. The van der Waals surface area contributed by atoms with Gasteiger partial charge < -0.3 is 9.47 Å². The molecule has 0 saturated heterocycles. The van der Waals surface area contributed by atoms with E-state index >= 15 is 0 Å². The first-order valence-electron chi connectivity index (χ1n) is 5.70. The van der Waals surface area contributed by atoms with E-state index in [4.69, 9.17) is 0 Å². The molecule has 2 atom stereocenters. The van der Waals surface area contributed by atoms with Crippen molar-refractivity contribution >= 4 is 22.7 Å². The Bertz CT molecular complexity index is 509. The highest BCUT2D eigenvalue weighted by atomic mass is 32.2. The Morgan fingerprint density at radius 3 is 2.16 bits per heavy atom. The molecule has 1 fully saturated rings. The lowest BCUT2D eigenvalue weighted by Gasteiger charge is -2.12. The SMILES string of the molecule is COC(=O)C1(C(=O)OC)C[C@@H]1[S@](=O)c1ccccc1. The molecule has 0 radical (unpaired) electrons. The van der Waals surface area contributed by atoms with Gasteiger partial charge in [0.15, 0.2) is 5.41 Å². The summed E-state index contributed by atoms with van der Waals surface area (Å²) in [6.07, 6.45) is 0.188. The van der Waals surface area contributed by atoms with Gasteiger partial charge in [-0.3, -0.25) is 13.8 Å². The molecule has 1 aromatic rings. The fourth-order valence-corrected chi connectivity index (χ4v) is 3.81. The zero-order valence-corrected chi connectivity index (χ0v) is 11.4. The Balaban J connectivity index is 2.27. The molecule has 0 heterocycles. The Hall–Kier alpha value is -1.69. The number of methoxy groups -OCH3 is 2. The first-order chi connectivity index (χ1) is 9.07. The monoisotopic (exact) mass is 282 g/mol. The summed E-state index contributed by atoms with van der Waals surface area (Å²) in [6, 6.07) is 8.73. The van der Waals surface area contributed by atoms with Gasteiger partial charge >= 0.3 is 11.9 Å². The molecule has 1 saturated carbocycles. The Labute approximate surface area is 113 Å². The molecule has 0 amide bonds. The summed E-state index contributed by atoms with van der Waals surface area (Å²) in [5, 5.41) is -0.588. The van der Waals surface area contributed by atoms with Crippen LogP contribution >= 0.6 is 0 Å². The summed E-state index contributed by atoms with van der Waals surface area (Å²) in [5.74, 6) is -1.37. The maximum absolute atomic E-state index is 12.4. The normalized spacial score (nSPS) is 21.3. The molecule has 0 spiro atoms. The van der Waals surface area contributed by atoms with Crippen LogP contribution in [0, 0.1) is 5.41 Å². The van der Waals surface area contributed by atoms with Crippen LogP contribution in [0.1, 0.15) is 6.42 Å². The van der Waals surface area contributed by atoms with Crippen molar-refractivity contribution in [3.05, 3.63) is 30.3 Å². The van der Waals surface area contributed by atoms with E-state index in [9.17, 15) is 13.8 Å². The maximum atomic E-state index is 12.4. The molecule has 2 rings (SSSR count). The summed E-state index contributed by atoms with van der Waals surface area (Å²) in [6.45, 7) is 0. The first kappa shape index (κ1) is 13.7. The van der Waals surface area contributed by atoms with Crippen molar-refractivity contribution < 1.29 is 23.3 Å². The topological polar surface area (TPSA) is 69.7 Å². The van der Waals surface area contributed by atoms with Crippen molar-refractivity contribution in [3.8, 4) is 0 Å². The molecule has 0 aromatic heterocycles. The number of ether oxygens (including phenoxy) is 2. The summed E-state index contributed by atoms with van der Waals surface area (Å²) in [5.41, 5.74) is -1.41. The van der Waals surface area contributed by atoms with Crippen molar-refractivity contribution in [1.82, 2.24) is 0 Å². The molecular formula is C13H14O5S. The van der Waals surface area contributed by atoms with Gasteiger partial charge in [0.25, 0.3) is 0 Å². The van der Waals surface area contributed by atoms with E-state index in [2.05, 4.69) is 9.47 Å². The van der Waals surface area contributed by atoms with E-state index in [1.807, 2.05) is 6.07 Å². The summed E-state index contributed by atoms with van der Waals surface area (Å²) in [4.78, 5) is 24.2. The van der Waals surface area contributed by atoms with Crippen molar-refractivity contribution in [1.29, 1.82) is 0 Å². The fraction of sp³-hybridized carbons (Fsp3) is 0.385. The number of rotatable bonds is 4. The van der Waals surface area contributed by atoms with E-state index < -0.39 is 33.4 Å². The van der Waals surface area contributed by atoms with E-state index in [-0.39, 0.29) is 6.42 Å². The van der Waals surface area contributed by atoms with Gasteiger partial charge in [0, 0.05) is 4.90 Å². The Morgan fingerprint density at radius 2 is 1.68 bits per heavy atom. The van der Waals surface area contributed by atoms with Crippen molar-refractivity contribution in [3.63, 3.8) is 0 Å². The predicted octanol–water partition coefficient (Wildman–Crippen LogP) is 0.899. The van der Waals surface area contributed by atoms with E-state index in [0.29, 0.717) is 4.90 Å². The average Bonchev–Trinajstić information content (AvgIpc) is 3.22. The van der Waals surface area contributed by atoms with Crippen LogP contribution in [0.3, 0.4) is 0 Å². The minimum Gasteiger partial charge on any atom is -0.468 e. The fourth-order valence-electron chi connectivity index (χ4n) is 2.09. The van der Waals surface area contributed by atoms with Gasteiger partial charge in [0.2, 0.25) is 0 Å². The molecule has 1 aliphatic rings. The van der Waals surface area contributed by atoms with Crippen LogP contribution in [0.15, 0.2) is 35.2 Å². The lowest BCUT2D eigenvalue weighted by Crippen LogP contribution is -2.32. The number of hydrogen-bond acceptors (Lipinski definition) is 5. The minimum absolute atomic E-state index is 0.188. The molecule has 19 heavy (non-hydrogen) atoms. The van der Waals surface area contributed by atoms with Gasteiger partial charge in [-0.25, -0.2) is 0 Å². The van der Waals surface area contributed by atoms with Crippen LogP contribution in [0.2, 0.25) is 0 Å². The molecule has 1 aliphatic carbocycles. The van der Waals surface area contributed by atoms with Crippen LogP contribution in [0.5, 0.6) is 0 Å². The van der Waals surface area contributed by atoms with Gasteiger partial charge in [-0.1, -0.05) is 18.2 Å². The van der Waals surface area contributed by atoms with E-state index in [1.165, 1.54) is 14.2 Å². The molecule has 0 bridgehead atoms. The third-order valence-corrected chi connectivity index (χ3v) is 5.05. The van der Waals surface area contributed by atoms with Crippen molar-refractivity contribution in [2.45, 2.75) is 16.6 Å². The largest absolute Gasteiger partial charge is 0.468 e. The smallest absolute Gasteiger partial charge is 0.324 e. The number of carbonyl (C=O) groups excluding carboxylic acids is 2. The molecule has 0 N–H and O–H groups in total. The summed E-state index contributed by atoms with van der Waals surface area (Å²) >= 11 is 0. The second-order valence-electron chi connectivity index (χ2n) is 4.26. The molecular weight excluding hydrogens is 268 g/mol. The van der Waals surface area contributed by atoms with Gasteiger partial charge in [0.05, 0.1) is 30.3 Å². The third-order valence-electron chi connectivity index (χ3n) is 3.23. The highest BCUT2D eigenvalue weighted by Gasteiger charge is 2.70. The highest BCUT2D eigenvalue weighted by molar-refractivity contribution is 7.86. The zero-order valence-electron chi connectivity index (χ0n) is 10.6. The first-order valence-corrected chi connectivity index (χ1v) is 6.91. The average molecular weight is 282 g/mol. The van der Waals surface area contributed by atoms with Gasteiger partial charge in [-0.15, -0.1) is 0 Å². The molecule has 102 valence electrons. The van der Waals surface area contributed by atoms with Crippen LogP contribution in [-0.2, 0) is 29.9 Å². The van der Waals surface area contributed by atoms with Crippen LogP contribution in [0.4, 0.5) is 0 Å². The van der Waals surface area contributed by atoms with Gasteiger partial charge in [-0.05, 0) is 18.6 Å². The van der Waals surface area contributed by atoms with Crippen LogP contribution in [-0.4, -0.2) is 35.6 Å². The van der Waals surface area contributed by atoms with Gasteiger partial charge in [-0.2, -0.15) is 0 Å². The molecule has 0 aliphatic heterocycles. The standard InChI is InChI=1S/C13H14O5S/c1-17-11(14)13(12(15)18-2)8-10(13)19(16)9-6-4-3-5-7-9/h3-7,10H,8H2,1-2H3/t10-,19+/m0/s1. The molecule has 1 aromatic carbocycles. The lowest BCUT2D eigenvalue weighted by atomic mass is 10.1. The number of hydrogen-bond donors (Lipinski definition) is 0. The zero-order chi connectivity index (χ0) is 14.0. The highest BCUT2D eigenvalue weighted by Crippen LogP contribution is 2.52. The molecule has 0 unspecified atom stereocenters. The van der Waals surface area contributed by atoms with Gasteiger partial charge in [0.1, 0.15) is 0 Å². The van der Waals surface area contributed by atoms with E-state index in [1.54, 1.807) is 24.3 Å². The minimum atomic E-state index is -1.44. The third kappa shape index (κ3) is 2.16. The van der Waals surface area contributed by atoms with Crippen LogP contribution < -0.4 is 0 Å². The number of benzene rings is 1. The van der Waals surface area contributed by atoms with Crippen molar-refractivity contribution in [2.75, 3.05) is 14.2 Å². The van der Waals surface area contributed by atoms with Crippen LogP contribution in [0.25, 0.3) is 0 Å². The number of carbonyl (C=O) groups is 2.